The van der Waals surface area contributed by atoms with Gasteiger partial charge < -0.3 is 35.1 Å². The lowest BCUT2D eigenvalue weighted by Gasteiger charge is -2.46. The molecule has 2 amide bonds. The van der Waals surface area contributed by atoms with Crippen LogP contribution in [-0.2, 0) is 38.2 Å². The second-order valence-electron chi connectivity index (χ2n) is 8.94. The first kappa shape index (κ1) is 31.0. The summed E-state index contributed by atoms with van der Waals surface area (Å²) in [6, 6.07) is 0. The summed E-state index contributed by atoms with van der Waals surface area (Å²) >= 11 is 0.885. The summed E-state index contributed by atoms with van der Waals surface area (Å²) in [5.41, 5.74) is -0.675. The van der Waals surface area contributed by atoms with Crippen LogP contribution in [0.3, 0.4) is 0 Å². The second-order valence-corrected chi connectivity index (χ2v) is 10.1. The van der Waals surface area contributed by atoms with E-state index in [9.17, 15) is 29.1 Å². The fourth-order valence-corrected chi connectivity index (χ4v) is 3.89. The molecule has 200 valence electrons. The van der Waals surface area contributed by atoms with E-state index in [0.29, 0.717) is 0 Å². The molecule has 13 heteroatoms. The number of aliphatic carboxylic acids is 1. The number of hydrogen-bond acceptors (Lipinski definition) is 10. The van der Waals surface area contributed by atoms with Crippen molar-refractivity contribution in [2.24, 2.45) is 5.41 Å². The summed E-state index contributed by atoms with van der Waals surface area (Å²) in [5, 5.41) is 23.1. The topological polar surface area (TPSA) is 178 Å². The van der Waals surface area contributed by atoms with E-state index in [1.165, 1.54) is 7.11 Å². The van der Waals surface area contributed by atoms with Gasteiger partial charge in [0, 0.05) is 44.2 Å². The Labute approximate surface area is 208 Å². The average Bonchev–Trinajstić information content (AvgIpc) is 2.76. The highest BCUT2D eigenvalue weighted by atomic mass is 32.2. The van der Waals surface area contributed by atoms with E-state index in [2.05, 4.69) is 10.6 Å². The summed E-state index contributed by atoms with van der Waals surface area (Å²) in [6.45, 7) is 5.56. The molecule has 1 rings (SSSR count). The van der Waals surface area contributed by atoms with Gasteiger partial charge in [-0.1, -0.05) is 25.6 Å². The number of carboxylic acids is 1. The molecule has 0 radical (unpaired) electrons. The lowest BCUT2D eigenvalue weighted by Crippen LogP contribution is -2.59. The molecule has 0 aliphatic carbocycles. The van der Waals surface area contributed by atoms with Crippen molar-refractivity contribution >= 4 is 40.4 Å². The molecule has 1 fully saturated rings. The largest absolute Gasteiger partial charge is 0.481 e. The van der Waals surface area contributed by atoms with Gasteiger partial charge in [-0.05, 0) is 6.92 Å². The first-order chi connectivity index (χ1) is 16.3. The summed E-state index contributed by atoms with van der Waals surface area (Å²) in [6.07, 6.45) is -2.53. The Balaban J connectivity index is 2.35. The maximum atomic E-state index is 12.7. The van der Waals surface area contributed by atoms with E-state index in [4.69, 9.17) is 19.3 Å². The highest BCUT2D eigenvalue weighted by Gasteiger charge is 2.50. The van der Waals surface area contributed by atoms with Crippen molar-refractivity contribution in [2.75, 3.05) is 32.6 Å². The monoisotopic (exact) mass is 520 g/mol. The predicted octanol–water partition coefficient (Wildman–Crippen LogP) is 0.205. The van der Waals surface area contributed by atoms with Crippen LogP contribution in [0.15, 0.2) is 0 Å². The quantitative estimate of drug-likeness (QED) is 0.171. The molecule has 2 unspecified atom stereocenters. The van der Waals surface area contributed by atoms with Crippen LogP contribution in [0.25, 0.3) is 0 Å². The molecule has 4 N–H and O–H groups in total. The van der Waals surface area contributed by atoms with Crippen LogP contribution in [0, 0.1) is 5.41 Å². The molecule has 0 bridgehead atoms. The van der Waals surface area contributed by atoms with Crippen LogP contribution in [0.1, 0.15) is 52.9 Å². The van der Waals surface area contributed by atoms with Gasteiger partial charge in [-0.3, -0.25) is 24.0 Å². The van der Waals surface area contributed by atoms with Gasteiger partial charge in [0.05, 0.1) is 32.0 Å². The Hall–Kier alpha value is -2.06. The van der Waals surface area contributed by atoms with Gasteiger partial charge in [0.1, 0.15) is 11.9 Å². The zero-order chi connectivity index (χ0) is 26.6. The smallest absolute Gasteiger partial charge is 0.303 e. The molecule has 1 heterocycles. The van der Waals surface area contributed by atoms with Gasteiger partial charge in [-0.15, -0.1) is 0 Å². The van der Waals surface area contributed by atoms with Gasteiger partial charge in [-0.2, -0.15) is 0 Å². The highest BCUT2D eigenvalue weighted by Crippen LogP contribution is 2.38. The molecule has 0 spiro atoms. The average molecular weight is 521 g/mol. The number of aliphatic hydroxyl groups is 1. The Morgan fingerprint density at radius 1 is 1.11 bits per heavy atom. The Morgan fingerprint density at radius 2 is 1.80 bits per heavy atom. The third-order valence-corrected chi connectivity index (χ3v) is 5.94. The summed E-state index contributed by atoms with van der Waals surface area (Å²) in [4.78, 5) is 58.4. The number of nitrogens with one attached hydrogen (secondary N) is 2. The van der Waals surface area contributed by atoms with Gasteiger partial charge in [0.15, 0.2) is 5.12 Å². The number of thioether (sulfide) groups is 1. The van der Waals surface area contributed by atoms with Gasteiger partial charge in [-0.25, -0.2) is 0 Å². The SMILES string of the molecule is COC1(CC(C)O)OCC(C)(C)[C@H](C(=O)NCCC(=O)NCCSC(=O)CC(=O)CCC(=O)O)O1. The molecular weight excluding hydrogens is 484 g/mol. The number of carboxylic acid groups (broad SMARTS) is 1. The minimum atomic E-state index is -1.54. The maximum Gasteiger partial charge on any atom is 0.303 e. The van der Waals surface area contributed by atoms with Crippen LogP contribution < -0.4 is 10.6 Å². The van der Waals surface area contributed by atoms with Crippen LogP contribution >= 0.6 is 11.8 Å². The lowest BCUT2D eigenvalue weighted by molar-refractivity contribution is -0.429. The molecule has 3 atom stereocenters. The van der Waals surface area contributed by atoms with E-state index in [-0.39, 0.29) is 68.6 Å². The second kappa shape index (κ2) is 14.5. The third kappa shape index (κ3) is 11.5. The van der Waals surface area contributed by atoms with Crippen molar-refractivity contribution in [3.05, 3.63) is 0 Å². The minimum Gasteiger partial charge on any atom is -0.481 e. The maximum absolute atomic E-state index is 12.7. The highest BCUT2D eigenvalue weighted by molar-refractivity contribution is 8.13. The van der Waals surface area contributed by atoms with Crippen molar-refractivity contribution in [2.45, 2.75) is 71.1 Å². The molecule has 1 saturated heterocycles. The fraction of sp³-hybridized carbons (Fsp3) is 0.773. The zero-order valence-electron chi connectivity index (χ0n) is 20.6. The lowest BCUT2D eigenvalue weighted by atomic mass is 9.85. The van der Waals surface area contributed by atoms with Crippen molar-refractivity contribution < 1.29 is 48.4 Å². The zero-order valence-corrected chi connectivity index (χ0v) is 21.4. The van der Waals surface area contributed by atoms with Crippen LogP contribution in [0.2, 0.25) is 0 Å². The van der Waals surface area contributed by atoms with Gasteiger partial charge in [0.25, 0.3) is 5.97 Å². The summed E-state index contributed by atoms with van der Waals surface area (Å²) < 4.78 is 16.8. The van der Waals surface area contributed by atoms with Crippen LogP contribution in [-0.4, -0.2) is 89.6 Å². The standard InChI is InChI=1S/C22H36N2O10S/c1-14(25)12-22(32-4)33-13-21(2,3)19(34-22)20(31)24-8-7-16(27)23-9-10-35-18(30)11-15(26)5-6-17(28)29/h14,19,25H,5-13H2,1-4H3,(H,23,27)(H,24,31)(H,28,29)/t14?,19-,22?/m0/s1. The number of carbonyl (C=O) groups excluding carboxylic acids is 4. The van der Waals surface area contributed by atoms with E-state index in [0.717, 1.165) is 11.8 Å². The van der Waals surface area contributed by atoms with Crippen LogP contribution in [0.5, 0.6) is 0 Å². The Morgan fingerprint density at radius 3 is 2.40 bits per heavy atom. The normalized spacial score (nSPS) is 22.1. The summed E-state index contributed by atoms with van der Waals surface area (Å²) in [5.74, 6) is -3.58. The fourth-order valence-electron chi connectivity index (χ4n) is 3.19. The molecule has 12 nitrogen and oxygen atoms in total. The number of hydrogen-bond donors (Lipinski definition) is 4. The first-order valence-electron chi connectivity index (χ1n) is 11.3. The molecule has 1 aliphatic rings. The molecule has 0 saturated carbocycles. The summed E-state index contributed by atoms with van der Waals surface area (Å²) in [7, 11) is 1.36. The number of methoxy groups -OCH3 is 1. The number of ketones is 1. The molecule has 35 heavy (non-hydrogen) atoms. The predicted molar refractivity (Wildman–Crippen MR) is 125 cm³/mol. The third-order valence-electron chi connectivity index (χ3n) is 5.06. The van der Waals surface area contributed by atoms with Crippen LogP contribution in [0.4, 0.5) is 0 Å². The Kier molecular flexibility index (Phi) is 12.8. The molecule has 1 aliphatic heterocycles. The van der Waals surface area contributed by atoms with E-state index >= 15 is 0 Å². The van der Waals surface area contributed by atoms with E-state index in [1.54, 1.807) is 20.8 Å². The molecular formula is C22H36N2O10S. The van der Waals surface area contributed by atoms with Crippen molar-refractivity contribution in [3.63, 3.8) is 0 Å². The van der Waals surface area contributed by atoms with Crippen molar-refractivity contribution in [1.29, 1.82) is 0 Å². The first-order valence-corrected chi connectivity index (χ1v) is 12.3. The molecule has 0 aromatic heterocycles. The number of amides is 2. The van der Waals surface area contributed by atoms with Gasteiger partial charge in [0.2, 0.25) is 11.8 Å². The van der Waals surface area contributed by atoms with E-state index < -0.39 is 41.3 Å². The Bertz CT molecular complexity index is 773. The van der Waals surface area contributed by atoms with Crippen molar-refractivity contribution in [1.82, 2.24) is 10.6 Å². The molecule has 0 aromatic carbocycles. The van der Waals surface area contributed by atoms with Gasteiger partial charge >= 0.3 is 5.97 Å². The number of aliphatic hydroxyl groups excluding tert-OH is 1. The van der Waals surface area contributed by atoms with Crippen molar-refractivity contribution in [3.8, 4) is 0 Å². The number of carbonyl (C=O) groups is 5. The number of Topliss-reactive ketones (excluding diaryl/α,β-unsaturated/α-hetero) is 1. The molecule has 0 aromatic rings. The number of ether oxygens (including phenoxy) is 3. The number of rotatable bonds is 15. The van der Waals surface area contributed by atoms with E-state index in [1.807, 2.05) is 0 Å². The minimum absolute atomic E-state index is 0.00473.